The summed E-state index contributed by atoms with van der Waals surface area (Å²) in [5.41, 5.74) is 7.68. The molecule has 0 aliphatic heterocycles. The normalized spacial score (nSPS) is 42.6. The van der Waals surface area contributed by atoms with Gasteiger partial charge in [-0.05, 0) is 105 Å². The molecule has 4 aliphatic rings. The Balaban J connectivity index is 1.49. The molecule has 4 fully saturated rings. The largest absolute Gasteiger partial charge is 0.300 e. The van der Waals surface area contributed by atoms with E-state index < -0.39 is 0 Å². The van der Waals surface area contributed by atoms with Crippen LogP contribution in [0.2, 0.25) is 0 Å². The summed E-state index contributed by atoms with van der Waals surface area (Å²) < 4.78 is 0. The lowest BCUT2D eigenvalue weighted by molar-refractivity contribution is -0.0745. The molecule has 0 unspecified atom stereocenters. The van der Waals surface area contributed by atoms with Crippen molar-refractivity contribution in [3.8, 4) is 0 Å². The summed E-state index contributed by atoms with van der Waals surface area (Å²) in [4.78, 5) is 0. The molecule has 0 saturated heterocycles. The van der Waals surface area contributed by atoms with Gasteiger partial charge in [0.15, 0.2) is 0 Å². The molecule has 4 N–H and O–H groups in total. The van der Waals surface area contributed by atoms with E-state index in [1.165, 1.54) is 82.8 Å². The smallest absolute Gasteiger partial charge is 0.201 e. The molecule has 6 heteroatoms. The Labute approximate surface area is 219 Å². The van der Waals surface area contributed by atoms with E-state index in [9.17, 15) is 0 Å². The lowest BCUT2D eigenvalue weighted by atomic mass is 9.44. The number of hydrogen-bond acceptors (Lipinski definition) is 3. The summed E-state index contributed by atoms with van der Waals surface area (Å²) in [7, 11) is 0. The van der Waals surface area contributed by atoms with Gasteiger partial charge in [-0.25, -0.2) is 5.84 Å². The van der Waals surface area contributed by atoms with Gasteiger partial charge in [0.05, 0.1) is 0 Å². The van der Waals surface area contributed by atoms with Crippen LogP contribution in [0.5, 0.6) is 0 Å². The summed E-state index contributed by atoms with van der Waals surface area (Å²) in [6.45, 7) is 7.54. The van der Waals surface area contributed by atoms with Gasteiger partial charge >= 0.3 is 0 Å². The van der Waals surface area contributed by atoms with Crippen LogP contribution in [-0.2, 0) is 0 Å². The number of unbranched alkanes of at least 4 members (excludes halogenated alkanes) is 5. The van der Waals surface area contributed by atoms with Crippen LogP contribution in [0.1, 0.15) is 117 Å². The van der Waals surface area contributed by atoms with E-state index in [-0.39, 0.29) is 5.38 Å². The summed E-state index contributed by atoms with van der Waals surface area (Å²) in [6, 6.07) is 0. The van der Waals surface area contributed by atoms with Crippen LogP contribution in [0, 0.1) is 40.4 Å². The van der Waals surface area contributed by atoms with Crippen LogP contribution in [0.15, 0.2) is 5.10 Å². The van der Waals surface area contributed by atoms with Gasteiger partial charge in [-0.15, -0.1) is 11.6 Å². The molecular weight excluding hydrogens is 460 g/mol. The minimum atomic E-state index is 0.265. The first-order valence-corrected chi connectivity index (χ1v) is 15.1. The number of hydrazine groups is 1. The molecule has 0 spiro atoms. The number of halogens is 1. The van der Waals surface area contributed by atoms with E-state index in [4.69, 9.17) is 34.8 Å². The molecule has 0 aromatic carbocycles. The summed E-state index contributed by atoms with van der Waals surface area (Å²) in [6.07, 6.45) is 20.1. The molecule has 8 atom stereocenters. The fraction of sp³-hybridized carbons (Fsp3) is 0.929. The summed E-state index contributed by atoms with van der Waals surface area (Å²) in [5, 5.41) is 5.53. The van der Waals surface area contributed by atoms with Gasteiger partial charge in [0.2, 0.25) is 5.11 Å². The highest BCUT2D eigenvalue weighted by atomic mass is 35.5. The Morgan fingerprint density at radius 1 is 1.03 bits per heavy atom. The lowest BCUT2D eigenvalue weighted by Gasteiger charge is -2.61. The van der Waals surface area contributed by atoms with E-state index in [1.54, 1.807) is 0 Å². The molecule has 4 aliphatic carbocycles. The van der Waals surface area contributed by atoms with Gasteiger partial charge in [-0.2, -0.15) is 5.10 Å². The first-order valence-electron chi connectivity index (χ1n) is 14.3. The number of rotatable bonds is 8. The number of hydrogen-bond donors (Lipinski definition) is 3. The SMILES string of the molecule is CCCCCCCC[C@H]1CC[C@H]2[C@@H]3C/C(=N\NC(=S)NN)[C@H]4C[C@@H](Cl)CC[C@]4(C)[C@H]3CC[C@]12C. The maximum Gasteiger partial charge on any atom is 0.201 e. The van der Waals surface area contributed by atoms with E-state index in [1.807, 2.05) is 0 Å². The monoisotopic (exact) mass is 508 g/mol. The molecule has 4 saturated carbocycles. The highest BCUT2D eigenvalue weighted by Gasteiger charge is 2.61. The highest BCUT2D eigenvalue weighted by Crippen LogP contribution is 2.67. The van der Waals surface area contributed by atoms with Crippen molar-refractivity contribution < 1.29 is 0 Å². The van der Waals surface area contributed by atoms with Crippen LogP contribution in [0.3, 0.4) is 0 Å². The number of fused-ring (bicyclic) bond motifs is 5. The van der Waals surface area contributed by atoms with Crippen LogP contribution in [0.4, 0.5) is 0 Å². The minimum Gasteiger partial charge on any atom is -0.300 e. The quantitative estimate of drug-likeness (QED) is 0.106. The molecular formula is C28H49ClN4S. The molecule has 0 bridgehead atoms. The van der Waals surface area contributed by atoms with Crippen LogP contribution in [-0.4, -0.2) is 16.2 Å². The van der Waals surface area contributed by atoms with Crippen molar-refractivity contribution in [2.24, 2.45) is 51.4 Å². The molecule has 0 radical (unpaired) electrons. The zero-order valence-electron chi connectivity index (χ0n) is 21.9. The second-order valence-electron chi connectivity index (χ2n) is 12.6. The maximum absolute atomic E-state index is 6.71. The van der Waals surface area contributed by atoms with Crippen LogP contribution >= 0.6 is 23.8 Å². The summed E-state index contributed by atoms with van der Waals surface area (Å²) in [5.74, 6) is 9.29. The zero-order valence-corrected chi connectivity index (χ0v) is 23.5. The molecule has 0 aromatic heterocycles. The first-order chi connectivity index (χ1) is 16.3. The lowest BCUT2D eigenvalue weighted by Crippen LogP contribution is -2.57. The van der Waals surface area contributed by atoms with Crippen LogP contribution < -0.4 is 16.7 Å². The molecule has 34 heavy (non-hydrogen) atoms. The average Bonchev–Trinajstić information content (AvgIpc) is 3.16. The predicted molar refractivity (Wildman–Crippen MR) is 149 cm³/mol. The third-order valence-electron chi connectivity index (χ3n) is 10.9. The van der Waals surface area contributed by atoms with E-state index in [2.05, 4.69) is 31.6 Å². The van der Waals surface area contributed by atoms with Gasteiger partial charge in [0.25, 0.3) is 0 Å². The third-order valence-corrected chi connectivity index (χ3v) is 11.6. The minimum absolute atomic E-state index is 0.265. The van der Waals surface area contributed by atoms with Crippen molar-refractivity contribution in [1.82, 2.24) is 10.9 Å². The Morgan fingerprint density at radius 3 is 2.50 bits per heavy atom. The molecule has 0 heterocycles. The number of thiocarbonyl (C=S) groups is 1. The number of nitrogens with one attached hydrogen (secondary N) is 2. The molecule has 0 aromatic rings. The van der Waals surface area contributed by atoms with E-state index in [0.29, 0.717) is 21.9 Å². The van der Waals surface area contributed by atoms with Crippen molar-refractivity contribution in [3.63, 3.8) is 0 Å². The van der Waals surface area contributed by atoms with Crippen LogP contribution in [0.25, 0.3) is 0 Å². The summed E-state index contributed by atoms with van der Waals surface area (Å²) >= 11 is 12.0. The maximum atomic E-state index is 6.71. The van der Waals surface area contributed by atoms with E-state index in [0.717, 1.165) is 42.9 Å². The standard InChI is InChI=1S/C28H49ClN4S/c1-4-5-6-7-8-9-10-19-11-12-22-21-18-25(32-33-26(34)31-30)24-17-20(29)13-15-28(24,3)23(21)14-16-27(19,22)2/h19-24H,4-18,30H2,1-3H3,(H2,31,33,34)/b32-25+/t19-,20-,21-,22-,23-,24+,27+,28+/m0/s1. The molecule has 4 nitrogen and oxygen atoms in total. The van der Waals surface area contributed by atoms with Gasteiger partial charge in [0.1, 0.15) is 0 Å². The fourth-order valence-corrected chi connectivity index (χ4v) is 9.39. The fourth-order valence-electron chi connectivity index (χ4n) is 9.05. The Hall–Kier alpha value is -0.390. The number of hydrazone groups is 1. The average molecular weight is 509 g/mol. The first kappa shape index (κ1) is 26.7. The van der Waals surface area contributed by atoms with E-state index >= 15 is 0 Å². The predicted octanol–water partition coefficient (Wildman–Crippen LogP) is 7.31. The number of nitrogens with zero attached hydrogens (tertiary/aromatic N) is 1. The molecule has 194 valence electrons. The van der Waals surface area contributed by atoms with Gasteiger partial charge < -0.3 is 0 Å². The second-order valence-corrected chi connectivity index (χ2v) is 13.6. The van der Waals surface area contributed by atoms with Gasteiger partial charge in [-0.3, -0.25) is 10.9 Å². The highest BCUT2D eigenvalue weighted by molar-refractivity contribution is 7.80. The Morgan fingerprint density at radius 2 is 1.74 bits per heavy atom. The number of nitrogens with two attached hydrogens (primary N) is 1. The van der Waals surface area contributed by atoms with Crippen molar-refractivity contribution in [1.29, 1.82) is 0 Å². The third kappa shape index (κ3) is 5.18. The van der Waals surface area contributed by atoms with Crippen molar-refractivity contribution >= 4 is 34.6 Å². The molecule has 0 amide bonds. The van der Waals surface area contributed by atoms with Crippen molar-refractivity contribution in [2.45, 2.75) is 122 Å². The van der Waals surface area contributed by atoms with Gasteiger partial charge in [0, 0.05) is 17.0 Å². The Bertz CT molecular complexity index is 744. The van der Waals surface area contributed by atoms with Crippen molar-refractivity contribution in [3.05, 3.63) is 0 Å². The van der Waals surface area contributed by atoms with Crippen molar-refractivity contribution in [2.75, 3.05) is 0 Å². The molecule has 4 rings (SSSR count). The topological polar surface area (TPSA) is 62.4 Å². The van der Waals surface area contributed by atoms with Gasteiger partial charge in [-0.1, -0.05) is 59.3 Å². The Kier molecular flexibility index (Phi) is 8.89. The number of alkyl halides is 1. The second kappa shape index (κ2) is 11.3. The zero-order chi connectivity index (χ0) is 24.3.